The molecule has 2 heterocycles. The van der Waals surface area contributed by atoms with Crippen molar-refractivity contribution in [1.29, 1.82) is 0 Å². The van der Waals surface area contributed by atoms with Gasteiger partial charge in [0.2, 0.25) is 15.9 Å². The van der Waals surface area contributed by atoms with E-state index in [0.717, 1.165) is 24.2 Å². The minimum Gasteiger partial charge on any atom is -0.302 e. The first kappa shape index (κ1) is 21.5. The first-order valence-corrected chi connectivity index (χ1v) is 12.2. The van der Waals surface area contributed by atoms with E-state index in [1.807, 2.05) is 0 Å². The molecule has 1 amide bonds. The molecular weight excluding hydrogens is 439 g/mol. The average molecular weight is 462 g/mol. The van der Waals surface area contributed by atoms with Gasteiger partial charge < -0.3 is 5.32 Å². The molecule has 6 nitrogen and oxygen atoms in total. The van der Waals surface area contributed by atoms with Crippen LogP contribution in [0.5, 0.6) is 0 Å². The number of rotatable bonds is 4. The Morgan fingerprint density at radius 3 is 2.53 bits per heavy atom. The Bertz CT molecular complexity index is 1050. The van der Waals surface area contributed by atoms with Crippen LogP contribution in [0.2, 0.25) is 0 Å². The number of benzene rings is 1. The first-order chi connectivity index (χ1) is 14.2. The van der Waals surface area contributed by atoms with Crippen LogP contribution in [0.15, 0.2) is 23.1 Å². The largest absolute Gasteiger partial charge is 0.392 e. The Morgan fingerprint density at radius 1 is 1.13 bits per heavy atom. The van der Waals surface area contributed by atoms with Crippen LogP contribution in [0.1, 0.15) is 38.5 Å². The van der Waals surface area contributed by atoms with Crippen LogP contribution in [0, 0.1) is 11.8 Å². The van der Waals surface area contributed by atoms with Crippen LogP contribution in [0.3, 0.4) is 0 Å². The topological polar surface area (TPSA) is 79.4 Å². The summed E-state index contributed by atoms with van der Waals surface area (Å²) in [6, 6.07) is 4.54. The van der Waals surface area contributed by atoms with Gasteiger partial charge in [0.25, 0.3) is 0 Å². The van der Waals surface area contributed by atoms with Crippen molar-refractivity contribution in [3.8, 4) is 0 Å². The summed E-state index contributed by atoms with van der Waals surface area (Å²) in [7, 11) is -3.58. The number of sulfonamides is 1. The molecule has 0 bridgehead atoms. The van der Waals surface area contributed by atoms with E-state index in [9.17, 15) is 26.4 Å². The highest BCUT2D eigenvalue weighted by Crippen LogP contribution is 2.42. The van der Waals surface area contributed by atoms with Crippen molar-refractivity contribution in [2.24, 2.45) is 11.8 Å². The van der Waals surface area contributed by atoms with Crippen LogP contribution in [0.25, 0.3) is 10.2 Å². The number of hydrogen-bond donors (Lipinski definition) is 1. The maximum absolute atomic E-state index is 13.3. The number of nitrogens with zero attached hydrogens (tertiary/aromatic N) is 2. The molecule has 1 aromatic carbocycles. The third-order valence-electron chi connectivity index (χ3n) is 5.82. The Kier molecular flexibility index (Phi) is 5.80. The van der Waals surface area contributed by atoms with Crippen LogP contribution in [-0.4, -0.2) is 42.9 Å². The van der Waals surface area contributed by atoms with Crippen molar-refractivity contribution in [2.75, 3.05) is 18.4 Å². The van der Waals surface area contributed by atoms with E-state index >= 15 is 0 Å². The van der Waals surface area contributed by atoms with Gasteiger partial charge in [-0.2, -0.15) is 17.5 Å². The van der Waals surface area contributed by atoms with Crippen molar-refractivity contribution >= 4 is 42.6 Å². The van der Waals surface area contributed by atoms with Gasteiger partial charge in [-0.15, -0.1) is 0 Å². The summed E-state index contributed by atoms with van der Waals surface area (Å²) in [6.07, 6.45) is -1.55. The molecule has 2 atom stereocenters. The maximum atomic E-state index is 13.3. The van der Waals surface area contributed by atoms with Crippen molar-refractivity contribution in [3.63, 3.8) is 0 Å². The normalized spacial score (nSPS) is 23.7. The van der Waals surface area contributed by atoms with Crippen molar-refractivity contribution in [2.45, 2.75) is 49.6 Å². The van der Waals surface area contributed by atoms with Gasteiger partial charge in [0.1, 0.15) is 0 Å². The van der Waals surface area contributed by atoms with Gasteiger partial charge in [-0.05, 0) is 43.9 Å². The minimum absolute atomic E-state index is 0.0425. The zero-order chi connectivity index (χ0) is 21.5. The molecule has 1 aliphatic heterocycles. The molecular formula is C19H22F3N3O3S2. The molecule has 2 aliphatic rings. The Balaban J connectivity index is 1.54. The van der Waals surface area contributed by atoms with Crippen LogP contribution in [0.4, 0.5) is 18.3 Å². The van der Waals surface area contributed by atoms with Gasteiger partial charge in [-0.25, -0.2) is 13.4 Å². The molecule has 1 aliphatic carbocycles. The molecule has 1 saturated heterocycles. The fourth-order valence-electron chi connectivity index (χ4n) is 4.23. The smallest absolute Gasteiger partial charge is 0.302 e. The third-order valence-corrected chi connectivity index (χ3v) is 8.64. The number of anilines is 1. The second-order valence-electron chi connectivity index (χ2n) is 7.79. The fraction of sp³-hybridized carbons (Fsp3) is 0.579. The maximum Gasteiger partial charge on any atom is 0.392 e. The van der Waals surface area contributed by atoms with Crippen molar-refractivity contribution in [3.05, 3.63) is 18.2 Å². The molecule has 0 radical (unpaired) electrons. The van der Waals surface area contributed by atoms with Crippen LogP contribution in [-0.2, 0) is 14.8 Å². The molecule has 4 rings (SSSR count). The summed E-state index contributed by atoms with van der Waals surface area (Å²) in [5, 5.41) is 2.70. The van der Waals surface area contributed by atoms with Gasteiger partial charge in [0.15, 0.2) is 5.13 Å². The number of nitrogens with one attached hydrogen (secondary N) is 1. The first-order valence-electron chi connectivity index (χ1n) is 9.94. The quantitative estimate of drug-likeness (QED) is 0.733. The zero-order valence-electron chi connectivity index (χ0n) is 16.1. The lowest BCUT2D eigenvalue weighted by Crippen LogP contribution is -2.39. The molecule has 164 valence electrons. The molecule has 11 heteroatoms. The highest BCUT2D eigenvalue weighted by molar-refractivity contribution is 7.89. The summed E-state index contributed by atoms with van der Waals surface area (Å²) < 4.78 is 67.3. The summed E-state index contributed by atoms with van der Waals surface area (Å²) >= 11 is 1.06. The second-order valence-corrected chi connectivity index (χ2v) is 10.8. The molecule has 1 saturated carbocycles. The van der Waals surface area contributed by atoms with Crippen molar-refractivity contribution < 1.29 is 26.4 Å². The number of carbonyl (C=O) groups excluding carboxylic acids is 1. The SMILES string of the molecule is O=C(Nc1nc2ccc(S(=O)(=O)N3CCCC3)cc2s1)C1CCCCC1C(F)(F)F. The molecule has 2 aromatic rings. The summed E-state index contributed by atoms with van der Waals surface area (Å²) in [6.45, 7) is 0.984. The third kappa shape index (κ3) is 4.19. The van der Waals surface area contributed by atoms with Gasteiger partial charge in [-0.3, -0.25) is 4.79 Å². The predicted molar refractivity (Wildman–Crippen MR) is 108 cm³/mol. The monoisotopic (exact) mass is 461 g/mol. The zero-order valence-corrected chi connectivity index (χ0v) is 17.7. The number of thiazole rings is 1. The fourth-order valence-corrected chi connectivity index (χ4v) is 6.76. The number of hydrogen-bond acceptors (Lipinski definition) is 5. The Labute approximate surface area is 176 Å². The minimum atomic E-state index is -4.41. The predicted octanol–water partition coefficient (Wildman–Crippen LogP) is 4.39. The van der Waals surface area contributed by atoms with Crippen molar-refractivity contribution in [1.82, 2.24) is 9.29 Å². The number of halogens is 3. The van der Waals surface area contributed by atoms with Gasteiger partial charge in [-0.1, -0.05) is 24.2 Å². The lowest BCUT2D eigenvalue weighted by molar-refractivity contribution is -0.197. The second kappa shape index (κ2) is 8.08. The van der Waals surface area contributed by atoms with E-state index in [1.165, 1.54) is 16.4 Å². The molecule has 1 N–H and O–H groups in total. The number of amides is 1. The summed E-state index contributed by atoms with van der Waals surface area (Å²) in [5.74, 6) is -3.45. The van der Waals surface area contributed by atoms with E-state index in [-0.39, 0.29) is 22.9 Å². The highest BCUT2D eigenvalue weighted by Gasteiger charge is 2.48. The van der Waals surface area contributed by atoms with E-state index in [0.29, 0.717) is 36.1 Å². The van der Waals surface area contributed by atoms with E-state index < -0.39 is 33.9 Å². The lowest BCUT2D eigenvalue weighted by atomic mass is 9.78. The number of carbonyl (C=O) groups is 1. The molecule has 30 heavy (non-hydrogen) atoms. The van der Waals surface area contributed by atoms with Gasteiger partial charge in [0, 0.05) is 19.0 Å². The number of alkyl halides is 3. The summed E-state index contributed by atoms with van der Waals surface area (Å²) in [4.78, 5) is 17.0. The highest BCUT2D eigenvalue weighted by atomic mass is 32.2. The van der Waals surface area contributed by atoms with Gasteiger partial charge >= 0.3 is 6.18 Å². The van der Waals surface area contributed by atoms with Crippen LogP contribution < -0.4 is 5.32 Å². The Hall–Kier alpha value is -1.72. The molecule has 1 aromatic heterocycles. The molecule has 2 fully saturated rings. The van der Waals surface area contributed by atoms with Gasteiger partial charge in [0.05, 0.1) is 21.0 Å². The number of aromatic nitrogens is 1. The van der Waals surface area contributed by atoms with E-state index in [4.69, 9.17) is 0 Å². The summed E-state index contributed by atoms with van der Waals surface area (Å²) in [5.41, 5.74) is 0.492. The Morgan fingerprint density at radius 2 is 1.83 bits per heavy atom. The standard InChI is InChI=1S/C19H22F3N3O3S2/c20-19(21,22)14-6-2-1-5-13(14)17(26)24-18-23-15-8-7-12(11-16(15)29-18)30(27,28)25-9-3-4-10-25/h7-8,11,13-14H,1-6,9-10H2,(H,23,24,26). The lowest BCUT2D eigenvalue weighted by Gasteiger charge is -2.31. The molecule has 0 spiro atoms. The van der Waals surface area contributed by atoms with E-state index in [2.05, 4.69) is 10.3 Å². The average Bonchev–Trinajstić information content (AvgIpc) is 3.36. The molecule has 2 unspecified atom stereocenters. The number of fused-ring (bicyclic) bond motifs is 1. The van der Waals surface area contributed by atoms with E-state index in [1.54, 1.807) is 6.07 Å². The van der Waals surface area contributed by atoms with Crippen LogP contribution >= 0.6 is 11.3 Å².